The fourth-order valence-corrected chi connectivity index (χ4v) is 2.43. The molecule has 0 saturated carbocycles. The van der Waals surface area contributed by atoms with Gasteiger partial charge >= 0.3 is 0 Å². The topological polar surface area (TPSA) is 29.3 Å². The summed E-state index contributed by atoms with van der Waals surface area (Å²) >= 11 is 0. The number of halogens is 1. The highest BCUT2D eigenvalue weighted by molar-refractivity contribution is 5.48. The van der Waals surface area contributed by atoms with E-state index >= 15 is 0 Å². The minimum absolute atomic E-state index is 0.408. The maximum Gasteiger partial charge on any atom is 0.107 e. The molecule has 1 heterocycles. The van der Waals surface area contributed by atoms with Crippen LogP contribution in [0.4, 0.5) is 10.1 Å². The summed E-state index contributed by atoms with van der Waals surface area (Å²) in [6.07, 6.45) is 2.48. The Kier molecular flexibility index (Phi) is 3.67. The van der Waals surface area contributed by atoms with Crippen LogP contribution in [0.2, 0.25) is 0 Å². The van der Waals surface area contributed by atoms with Crippen LogP contribution in [-0.2, 0) is 0 Å². The van der Waals surface area contributed by atoms with Crippen LogP contribution in [0.3, 0.4) is 0 Å². The van der Waals surface area contributed by atoms with Crippen LogP contribution in [0.1, 0.15) is 24.8 Å². The van der Waals surface area contributed by atoms with Crippen LogP contribution in [0.15, 0.2) is 24.3 Å². The summed E-state index contributed by atoms with van der Waals surface area (Å²) in [6.45, 7) is 3.51. The predicted molar refractivity (Wildman–Crippen MR) is 70.1 cm³/mol. The molecule has 17 heavy (non-hydrogen) atoms. The van der Waals surface area contributed by atoms with E-state index in [0.29, 0.717) is 0 Å². The van der Waals surface area contributed by atoms with Gasteiger partial charge in [-0.25, -0.2) is 4.39 Å². The lowest BCUT2D eigenvalue weighted by atomic mass is 9.94. The van der Waals surface area contributed by atoms with Gasteiger partial charge in [0.25, 0.3) is 0 Å². The highest BCUT2D eigenvalue weighted by Gasteiger charge is 2.28. The quantitative estimate of drug-likeness (QED) is 0.855. The van der Waals surface area contributed by atoms with Crippen LogP contribution in [0.25, 0.3) is 0 Å². The van der Waals surface area contributed by atoms with Crippen molar-refractivity contribution in [2.45, 2.75) is 31.7 Å². The molecule has 1 fully saturated rings. The van der Waals surface area contributed by atoms with E-state index in [1.807, 2.05) is 0 Å². The summed E-state index contributed by atoms with van der Waals surface area (Å²) in [5.74, 6) is 0. The second-order valence-corrected chi connectivity index (χ2v) is 5.18. The minimum atomic E-state index is -0.599. The number of aryl methyl sites for hydroxylation is 1. The zero-order chi connectivity index (χ0) is 12.3. The number of nitrogens with zero attached hydrogens (tertiary/aromatic N) is 1. The molecule has 2 nitrogen and oxygen atoms in total. The molecule has 1 saturated heterocycles. The summed E-state index contributed by atoms with van der Waals surface area (Å²) < 4.78 is 12.9. The largest absolute Gasteiger partial charge is 0.371 e. The van der Waals surface area contributed by atoms with Crippen molar-refractivity contribution in [3.05, 3.63) is 29.8 Å². The standard InChI is InChI=1S/C14H21FN2/c1-12-4-2-5-13(10-12)17-8-3-6-14(16,11-15)7-9-17/h2,4-5,10H,3,6-9,11,16H2,1H3. The molecule has 1 unspecified atom stereocenters. The second kappa shape index (κ2) is 5.05. The Morgan fingerprint density at radius 2 is 2.18 bits per heavy atom. The Balaban J connectivity index is 2.09. The Hall–Kier alpha value is -1.09. The first kappa shape index (κ1) is 12.4. The number of rotatable bonds is 2. The molecular formula is C14H21FN2. The van der Waals surface area contributed by atoms with Gasteiger partial charge in [0, 0.05) is 24.3 Å². The van der Waals surface area contributed by atoms with E-state index in [0.717, 1.165) is 32.4 Å². The van der Waals surface area contributed by atoms with Gasteiger partial charge in [-0.3, -0.25) is 0 Å². The van der Waals surface area contributed by atoms with Crippen molar-refractivity contribution >= 4 is 5.69 Å². The van der Waals surface area contributed by atoms with E-state index in [-0.39, 0.29) is 0 Å². The first-order valence-electron chi connectivity index (χ1n) is 6.29. The summed E-state index contributed by atoms with van der Waals surface area (Å²) in [5.41, 5.74) is 7.92. The molecule has 1 aliphatic rings. The average molecular weight is 236 g/mol. The van der Waals surface area contributed by atoms with Crippen molar-refractivity contribution in [3.63, 3.8) is 0 Å². The lowest BCUT2D eigenvalue weighted by molar-refractivity contribution is 0.282. The van der Waals surface area contributed by atoms with Crippen LogP contribution in [0, 0.1) is 6.92 Å². The van der Waals surface area contributed by atoms with Gasteiger partial charge in [-0.05, 0) is 43.9 Å². The van der Waals surface area contributed by atoms with E-state index in [4.69, 9.17) is 5.73 Å². The van der Waals surface area contributed by atoms with E-state index in [9.17, 15) is 4.39 Å². The van der Waals surface area contributed by atoms with Crippen molar-refractivity contribution in [2.24, 2.45) is 5.73 Å². The maximum absolute atomic E-state index is 12.9. The first-order chi connectivity index (χ1) is 8.13. The SMILES string of the molecule is Cc1cccc(N2CCCC(N)(CF)CC2)c1. The summed E-state index contributed by atoms with van der Waals surface area (Å²) in [5, 5.41) is 0. The first-order valence-corrected chi connectivity index (χ1v) is 6.29. The Bertz CT molecular complexity index is 380. The van der Waals surface area contributed by atoms with Crippen molar-refractivity contribution in [3.8, 4) is 0 Å². The smallest absolute Gasteiger partial charge is 0.107 e. The second-order valence-electron chi connectivity index (χ2n) is 5.18. The zero-order valence-electron chi connectivity index (χ0n) is 10.5. The fraction of sp³-hybridized carbons (Fsp3) is 0.571. The van der Waals surface area contributed by atoms with Crippen LogP contribution in [0.5, 0.6) is 0 Å². The summed E-state index contributed by atoms with van der Waals surface area (Å²) in [4.78, 5) is 2.32. The van der Waals surface area contributed by atoms with Gasteiger partial charge in [-0.1, -0.05) is 12.1 Å². The highest BCUT2D eigenvalue weighted by atomic mass is 19.1. The van der Waals surface area contributed by atoms with E-state index < -0.39 is 12.2 Å². The molecule has 1 aromatic rings. The van der Waals surface area contributed by atoms with Gasteiger partial charge in [0.2, 0.25) is 0 Å². The number of hydrogen-bond donors (Lipinski definition) is 1. The lowest BCUT2D eigenvalue weighted by Crippen LogP contribution is -2.43. The summed E-state index contributed by atoms with van der Waals surface area (Å²) in [7, 11) is 0. The van der Waals surface area contributed by atoms with E-state index in [1.54, 1.807) is 0 Å². The van der Waals surface area contributed by atoms with Crippen LogP contribution < -0.4 is 10.6 Å². The zero-order valence-corrected chi connectivity index (χ0v) is 10.5. The van der Waals surface area contributed by atoms with Crippen molar-refractivity contribution in [2.75, 3.05) is 24.7 Å². The Labute approximate surface area is 103 Å². The molecule has 1 aromatic carbocycles. The van der Waals surface area contributed by atoms with Crippen molar-refractivity contribution in [1.29, 1.82) is 0 Å². The molecule has 1 atom stereocenters. The number of hydrogen-bond acceptors (Lipinski definition) is 2. The molecule has 3 heteroatoms. The Morgan fingerprint density at radius 1 is 1.35 bits per heavy atom. The molecule has 2 rings (SSSR count). The highest BCUT2D eigenvalue weighted by Crippen LogP contribution is 2.24. The van der Waals surface area contributed by atoms with Gasteiger partial charge in [0.1, 0.15) is 6.67 Å². The predicted octanol–water partition coefficient (Wildman–Crippen LogP) is 2.65. The van der Waals surface area contributed by atoms with Gasteiger partial charge in [0.15, 0.2) is 0 Å². The molecular weight excluding hydrogens is 215 g/mol. The van der Waals surface area contributed by atoms with Gasteiger partial charge in [-0.15, -0.1) is 0 Å². The van der Waals surface area contributed by atoms with Crippen LogP contribution >= 0.6 is 0 Å². The summed E-state index contributed by atoms with van der Waals surface area (Å²) in [6, 6.07) is 8.46. The van der Waals surface area contributed by atoms with Crippen molar-refractivity contribution in [1.82, 2.24) is 0 Å². The fourth-order valence-electron chi connectivity index (χ4n) is 2.43. The number of alkyl halides is 1. The molecule has 0 aromatic heterocycles. The van der Waals surface area contributed by atoms with Crippen molar-refractivity contribution < 1.29 is 4.39 Å². The van der Waals surface area contributed by atoms with E-state index in [2.05, 4.69) is 36.1 Å². The third-order valence-corrected chi connectivity index (χ3v) is 3.62. The lowest BCUT2D eigenvalue weighted by Gasteiger charge is -2.26. The van der Waals surface area contributed by atoms with Gasteiger partial charge in [0.05, 0.1) is 0 Å². The maximum atomic E-state index is 12.9. The molecule has 0 amide bonds. The number of benzene rings is 1. The molecule has 0 aliphatic carbocycles. The molecule has 0 radical (unpaired) electrons. The number of anilines is 1. The molecule has 1 aliphatic heterocycles. The molecule has 0 spiro atoms. The molecule has 2 N–H and O–H groups in total. The minimum Gasteiger partial charge on any atom is -0.371 e. The number of nitrogens with two attached hydrogens (primary N) is 1. The Morgan fingerprint density at radius 3 is 2.88 bits per heavy atom. The van der Waals surface area contributed by atoms with Gasteiger partial charge < -0.3 is 10.6 Å². The molecule has 94 valence electrons. The van der Waals surface area contributed by atoms with Gasteiger partial charge in [-0.2, -0.15) is 0 Å². The third kappa shape index (κ3) is 2.97. The average Bonchev–Trinajstić information content (AvgIpc) is 2.52. The normalized spacial score (nSPS) is 25.7. The molecule has 0 bridgehead atoms. The van der Waals surface area contributed by atoms with Crippen LogP contribution in [-0.4, -0.2) is 25.3 Å². The monoisotopic (exact) mass is 236 g/mol. The third-order valence-electron chi connectivity index (χ3n) is 3.62. The van der Waals surface area contributed by atoms with E-state index in [1.165, 1.54) is 11.3 Å².